The predicted octanol–water partition coefficient (Wildman–Crippen LogP) is 6.78. The molecule has 0 fully saturated rings. The first kappa shape index (κ1) is 16.8. The van der Waals surface area contributed by atoms with E-state index in [1.54, 1.807) is 6.07 Å². The van der Waals surface area contributed by atoms with Crippen molar-refractivity contribution in [1.29, 1.82) is 0 Å². The van der Waals surface area contributed by atoms with Crippen molar-refractivity contribution in [3.05, 3.63) is 95.1 Å². The molecule has 0 aliphatic heterocycles. The molecule has 4 heteroatoms. The summed E-state index contributed by atoms with van der Waals surface area (Å²) in [6.07, 6.45) is 0. The van der Waals surface area contributed by atoms with E-state index in [0.29, 0.717) is 16.0 Å². The van der Waals surface area contributed by atoms with E-state index in [2.05, 4.69) is 34.2 Å². The van der Waals surface area contributed by atoms with Gasteiger partial charge in [-0.15, -0.1) is 0 Å². The molecule has 0 saturated heterocycles. The van der Waals surface area contributed by atoms with E-state index in [9.17, 15) is 0 Å². The smallest absolute Gasteiger partial charge is 0.161 e. The average Bonchev–Trinajstić information content (AvgIpc) is 2.69. The molecule has 0 N–H and O–H groups in total. The molecule has 2 nitrogen and oxygen atoms in total. The first-order valence-corrected chi connectivity index (χ1v) is 8.91. The van der Waals surface area contributed by atoms with Gasteiger partial charge in [-0.1, -0.05) is 89.9 Å². The second-order valence-electron chi connectivity index (χ2n) is 5.85. The van der Waals surface area contributed by atoms with Crippen molar-refractivity contribution in [3.8, 4) is 33.8 Å². The first-order chi connectivity index (χ1) is 12.7. The number of hydrogen-bond acceptors (Lipinski definition) is 2. The topological polar surface area (TPSA) is 25.8 Å². The van der Waals surface area contributed by atoms with E-state index >= 15 is 0 Å². The van der Waals surface area contributed by atoms with E-state index in [0.717, 1.165) is 22.4 Å². The molecule has 0 aliphatic rings. The predicted molar refractivity (Wildman–Crippen MR) is 108 cm³/mol. The van der Waals surface area contributed by atoms with Crippen LogP contribution in [0, 0.1) is 0 Å². The van der Waals surface area contributed by atoms with Gasteiger partial charge < -0.3 is 0 Å². The molecule has 126 valence electrons. The van der Waals surface area contributed by atoms with Gasteiger partial charge >= 0.3 is 0 Å². The third kappa shape index (κ3) is 3.62. The number of halogens is 2. The Kier molecular flexibility index (Phi) is 4.70. The summed E-state index contributed by atoms with van der Waals surface area (Å²) in [5.74, 6) is 0.599. The Hall–Kier alpha value is -2.68. The van der Waals surface area contributed by atoms with Crippen LogP contribution in [0.25, 0.3) is 33.8 Å². The molecule has 0 aliphatic carbocycles. The minimum Gasteiger partial charge on any atom is -0.228 e. The first-order valence-electron chi connectivity index (χ1n) is 8.15. The van der Waals surface area contributed by atoms with E-state index in [4.69, 9.17) is 23.2 Å². The third-order valence-electron chi connectivity index (χ3n) is 4.09. The molecule has 4 rings (SSSR count). The van der Waals surface area contributed by atoms with Gasteiger partial charge in [-0.25, -0.2) is 9.97 Å². The van der Waals surface area contributed by atoms with Gasteiger partial charge in [0.05, 0.1) is 5.69 Å². The fourth-order valence-electron chi connectivity index (χ4n) is 2.76. The van der Waals surface area contributed by atoms with Crippen molar-refractivity contribution in [3.63, 3.8) is 0 Å². The Labute approximate surface area is 162 Å². The van der Waals surface area contributed by atoms with Crippen LogP contribution in [0.15, 0.2) is 84.9 Å². The molecular formula is C22H14Cl2N2. The lowest BCUT2D eigenvalue weighted by Crippen LogP contribution is -1.93. The van der Waals surface area contributed by atoms with Crippen LogP contribution in [0.4, 0.5) is 0 Å². The summed E-state index contributed by atoms with van der Waals surface area (Å²) in [6, 6.07) is 27.7. The molecule has 0 bridgehead atoms. The third-order valence-corrected chi connectivity index (χ3v) is 4.53. The highest BCUT2D eigenvalue weighted by molar-refractivity contribution is 6.30. The van der Waals surface area contributed by atoms with Gasteiger partial charge in [0.2, 0.25) is 0 Å². The van der Waals surface area contributed by atoms with Crippen LogP contribution in [-0.4, -0.2) is 9.97 Å². The Morgan fingerprint density at radius 1 is 0.538 bits per heavy atom. The van der Waals surface area contributed by atoms with Gasteiger partial charge in [0.15, 0.2) is 5.82 Å². The summed E-state index contributed by atoms with van der Waals surface area (Å²) in [7, 11) is 0. The van der Waals surface area contributed by atoms with Gasteiger partial charge in [-0.05, 0) is 23.3 Å². The Balaban J connectivity index is 1.70. The van der Waals surface area contributed by atoms with Gasteiger partial charge in [0.25, 0.3) is 0 Å². The minimum atomic E-state index is 0.409. The molecule has 0 atom stereocenters. The van der Waals surface area contributed by atoms with Crippen LogP contribution in [0.1, 0.15) is 0 Å². The maximum Gasteiger partial charge on any atom is 0.161 e. The van der Waals surface area contributed by atoms with Crippen LogP contribution in [0.5, 0.6) is 0 Å². The molecule has 0 saturated carbocycles. The summed E-state index contributed by atoms with van der Waals surface area (Å²) in [4.78, 5) is 9.05. The molecule has 0 unspecified atom stereocenters. The summed E-state index contributed by atoms with van der Waals surface area (Å²) < 4.78 is 0. The highest BCUT2D eigenvalue weighted by Crippen LogP contribution is 2.27. The van der Waals surface area contributed by atoms with Crippen molar-refractivity contribution in [2.45, 2.75) is 0 Å². The molecule has 26 heavy (non-hydrogen) atoms. The quantitative estimate of drug-likeness (QED) is 0.368. The van der Waals surface area contributed by atoms with Gasteiger partial charge in [0, 0.05) is 22.2 Å². The maximum absolute atomic E-state index is 6.23. The van der Waals surface area contributed by atoms with Crippen molar-refractivity contribution >= 4 is 23.2 Å². The fraction of sp³-hybridized carbons (Fsp3) is 0. The van der Waals surface area contributed by atoms with Crippen LogP contribution >= 0.6 is 23.2 Å². The van der Waals surface area contributed by atoms with Crippen LogP contribution < -0.4 is 0 Å². The van der Waals surface area contributed by atoms with E-state index in [1.165, 1.54) is 5.56 Å². The Morgan fingerprint density at radius 2 is 1.12 bits per heavy atom. The number of hydrogen-bond donors (Lipinski definition) is 0. The summed E-state index contributed by atoms with van der Waals surface area (Å²) in [5, 5.41) is 1.10. The zero-order valence-electron chi connectivity index (χ0n) is 13.7. The Bertz CT molecular complexity index is 1030. The largest absolute Gasteiger partial charge is 0.228 e. The zero-order valence-corrected chi connectivity index (χ0v) is 15.2. The van der Waals surface area contributed by atoms with E-state index < -0.39 is 0 Å². The highest BCUT2D eigenvalue weighted by atomic mass is 35.5. The fourth-order valence-corrected chi connectivity index (χ4v) is 3.07. The van der Waals surface area contributed by atoms with Gasteiger partial charge in [-0.2, -0.15) is 0 Å². The normalized spacial score (nSPS) is 10.7. The molecule has 0 radical (unpaired) electrons. The van der Waals surface area contributed by atoms with Crippen LogP contribution in [0.3, 0.4) is 0 Å². The van der Waals surface area contributed by atoms with Crippen molar-refractivity contribution < 1.29 is 0 Å². The van der Waals surface area contributed by atoms with E-state index in [1.807, 2.05) is 54.6 Å². The summed E-state index contributed by atoms with van der Waals surface area (Å²) in [5.41, 5.74) is 4.95. The SMILES string of the molecule is Clc1ccc(-c2cc(Cl)nc(-c3ccc(-c4ccccc4)cc3)n2)cc1. The van der Waals surface area contributed by atoms with Crippen LogP contribution in [-0.2, 0) is 0 Å². The monoisotopic (exact) mass is 376 g/mol. The van der Waals surface area contributed by atoms with Gasteiger partial charge in [0.1, 0.15) is 5.15 Å². The lowest BCUT2D eigenvalue weighted by molar-refractivity contribution is 1.18. The average molecular weight is 377 g/mol. The molecular weight excluding hydrogens is 363 g/mol. The highest BCUT2D eigenvalue weighted by Gasteiger charge is 2.08. The molecule has 1 aromatic heterocycles. The minimum absolute atomic E-state index is 0.409. The Morgan fingerprint density at radius 3 is 1.81 bits per heavy atom. The lowest BCUT2D eigenvalue weighted by Gasteiger charge is -2.07. The maximum atomic E-state index is 6.23. The molecule has 1 heterocycles. The number of nitrogens with zero attached hydrogens (tertiary/aromatic N) is 2. The second-order valence-corrected chi connectivity index (χ2v) is 6.67. The molecule has 3 aromatic carbocycles. The molecule has 0 spiro atoms. The van der Waals surface area contributed by atoms with Crippen molar-refractivity contribution in [2.75, 3.05) is 0 Å². The lowest BCUT2D eigenvalue weighted by atomic mass is 10.0. The number of benzene rings is 3. The number of aromatic nitrogens is 2. The van der Waals surface area contributed by atoms with Crippen LogP contribution in [0.2, 0.25) is 10.2 Å². The molecule has 4 aromatic rings. The summed E-state index contributed by atoms with van der Waals surface area (Å²) in [6.45, 7) is 0. The standard InChI is InChI=1S/C22H14Cl2N2/c23-19-12-10-17(11-13-19)20-14-21(24)26-22(25-20)18-8-6-16(7-9-18)15-4-2-1-3-5-15/h1-14H. The molecule has 0 amide bonds. The van der Waals surface area contributed by atoms with Crippen molar-refractivity contribution in [1.82, 2.24) is 9.97 Å². The van der Waals surface area contributed by atoms with Gasteiger partial charge in [-0.3, -0.25) is 0 Å². The van der Waals surface area contributed by atoms with E-state index in [-0.39, 0.29) is 0 Å². The number of rotatable bonds is 3. The summed E-state index contributed by atoms with van der Waals surface area (Å²) >= 11 is 12.2. The van der Waals surface area contributed by atoms with Crippen molar-refractivity contribution in [2.24, 2.45) is 0 Å². The zero-order chi connectivity index (χ0) is 17.9. The second kappa shape index (κ2) is 7.28.